The summed E-state index contributed by atoms with van der Waals surface area (Å²) in [6.45, 7) is 5.45. The third-order valence-corrected chi connectivity index (χ3v) is 4.84. The second-order valence-corrected chi connectivity index (χ2v) is 6.52. The first-order valence-electron chi connectivity index (χ1n) is 8.79. The summed E-state index contributed by atoms with van der Waals surface area (Å²) in [7, 11) is 0. The molecule has 0 unspecified atom stereocenters. The molecule has 22 heavy (non-hydrogen) atoms. The molecule has 0 spiro atoms. The van der Waals surface area contributed by atoms with Crippen LogP contribution in [0.5, 0.6) is 0 Å². The molecule has 3 rings (SSSR count). The van der Waals surface area contributed by atoms with E-state index in [0.717, 1.165) is 38.7 Å². The number of piperidine rings is 2. The van der Waals surface area contributed by atoms with Crippen LogP contribution in [0.2, 0.25) is 0 Å². The summed E-state index contributed by atoms with van der Waals surface area (Å²) in [4.78, 5) is 0. The molecular formula is C18H29N3O. The van der Waals surface area contributed by atoms with Gasteiger partial charge in [0.25, 0.3) is 0 Å². The molecule has 2 N–H and O–H groups in total. The smallest absolute Gasteiger partial charge is 0.0599 e. The molecule has 1 aromatic carbocycles. The van der Waals surface area contributed by atoms with Crippen molar-refractivity contribution in [3.05, 3.63) is 30.3 Å². The molecule has 2 heterocycles. The number of hydrogen-bond acceptors (Lipinski definition) is 4. The minimum atomic E-state index is 0.501. The lowest BCUT2D eigenvalue weighted by atomic mass is 9.94. The Hall–Kier alpha value is -1.10. The number of ether oxygens (including phenoxy) is 1. The van der Waals surface area contributed by atoms with E-state index in [-0.39, 0.29) is 0 Å². The molecule has 4 heteroatoms. The van der Waals surface area contributed by atoms with Gasteiger partial charge in [0.15, 0.2) is 0 Å². The number of para-hydroxylation sites is 1. The molecule has 0 saturated carbocycles. The van der Waals surface area contributed by atoms with E-state index in [1.54, 1.807) is 0 Å². The average Bonchev–Trinajstić information content (AvgIpc) is 2.58. The zero-order valence-corrected chi connectivity index (χ0v) is 13.5. The number of hydrazine groups is 1. The van der Waals surface area contributed by atoms with Gasteiger partial charge >= 0.3 is 0 Å². The Balaban J connectivity index is 1.30. The van der Waals surface area contributed by atoms with Crippen LogP contribution in [-0.4, -0.2) is 43.9 Å². The van der Waals surface area contributed by atoms with E-state index in [1.807, 2.05) is 0 Å². The van der Waals surface area contributed by atoms with Crippen LogP contribution in [0.3, 0.4) is 0 Å². The Bertz CT molecular complexity index is 412. The highest BCUT2D eigenvalue weighted by Crippen LogP contribution is 2.22. The summed E-state index contributed by atoms with van der Waals surface area (Å²) in [5.74, 6) is 0.829. The number of anilines is 1. The standard InChI is InChI=1S/C18H29N3O/c1-2-4-17(5-3-1)20-21-13-8-16(9-14-21)10-15-22-18-6-11-19-12-7-18/h1-5,16,18-20H,6-15H2. The molecule has 2 fully saturated rings. The van der Waals surface area contributed by atoms with Crippen molar-refractivity contribution in [2.45, 2.75) is 38.2 Å². The van der Waals surface area contributed by atoms with Crippen molar-refractivity contribution in [1.82, 2.24) is 10.3 Å². The fourth-order valence-electron chi connectivity index (χ4n) is 3.39. The number of nitrogens with zero attached hydrogens (tertiary/aromatic N) is 1. The van der Waals surface area contributed by atoms with Gasteiger partial charge in [-0.25, -0.2) is 5.01 Å². The number of rotatable bonds is 6. The first-order valence-corrected chi connectivity index (χ1v) is 8.79. The molecule has 1 aromatic rings. The van der Waals surface area contributed by atoms with Crippen molar-refractivity contribution in [3.8, 4) is 0 Å². The van der Waals surface area contributed by atoms with Gasteiger partial charge in [-0.2, -0.15) is 0 Å². The third-order valence-electron chi connectivity index (χ3n) is 4.84. The molecule has 2 saturated heterocycles. The van der Waals surface area contributed by atoms with E-state index < -0.39 is 0 Å². The molecule has 0 atom stereocenters. The molecule has 0 bridgehead atoms. The average molecular weight is 303 g/mol. The lowest BCUT2D eigenvalue weighted by molar-refractivity contribution is 0.0214. The second kappa shape index (κ2) is 8.51. The summed E-state index contributed by atoms with van der Waals surface area (Å²) >= 11 is 0. The minimum absolute atomic E-state index is 0.501. The molecule has 2 aliphatic heterocycles. The third kappa shape index (κ3) is 4.97. The van der Waals surface area contributed by atoms with Gasteiger partial charge in [-0.1, -0.05) is 18.2 Å². The van der Waals surface area contributed by atoms with Gasteiger partial charge in [-0.15, -0.1) is 0 Å². The first-order chi connectivity index (χ1) is 10.9. The molecule has 0 radical (unpaired) electrons. The molecule has 4 nitrogen and oxygen atoms in total. The normalized spacial score (nSPS) is 21.8. The van der Waals surface area contributed by atoms with Crippen LogP contribution >= 0.6 is 0 Å². The molecule has 0 aliphatic carbocycles. The van der Waals surface area contributed by atoms with Crippen LogP contribution in [0.1, 0.15) is 32.1 Å². The summed E-state index contributed by atoms with van der Waals surface area (Å²) in [6.07, 6.45) is 6.63. The van der Waals surface area contributed by atoms with E-state index in [2.05, 4.69) is 46.1 Å². The fourth-order valence-corrected chi connectivity index (χ4v) is 3.39. The Morgan fingerprint density at radius 3 is 2.50 bits per heavy atom. The lowest BCUT2D eigenvalue weighted by Crippen LogP contribution is -2.38. The number of hydrogen-bond donors (Lipinski definition) is 2. The van der Waals surface area contributed by atoms with Gasteiger partial charge in [0, 0.05) is 25.4 Å². The van der Waals surface area contributed by atoms with Crippen LogP contribution < -0.4 is 10.7 Å². The Kier molecular flexibility index (Phi) is 6.11. The van der Waals surface area contributed by atoms with Crippen LogP contribution in [0.25, 0.3) is 0 Å². The van der Waals surface area contributed by atoms with Gasteiger partial charge in [-0.3, -0.25) is 0 Å². The van der Waals surface area contributed by atoms with Crippen molar-refractivity contribution in [3.63, 3.8) is 0 Å². The maximum absolute atomic E-state index is 6.04. The van der Waals surface area contributed by atoms with E-state index in [4.69, 9.17) is 4.74 Å². The number of benzene rings is 1. The summed E-state index contributed by atoms with van der Waals surface area (Å²) in [5.41, 5.74) is 4.69. The van der Waals surface area contributed by atoms with Crippen molar-refractivity contribution in [1.29, 1.82) is 0 Å². The zero-order valence-electron chi connectivity index (χ0n) is 13.5. The lowest BCUT2D eigenvalue weighted by Gasteiger charge is -2.33. The summed E-state index contributed by atoms with van der Waals surface area (Å²) in [5, 5.41) is 5.73. The SMILES string of the molecule is c1ccc(NN2CCC(CCOC3CCNCC3)CC2)cc1. The van der Waals surface area contributed by atoms with E-state index >= 15 is 0 Å². The van der Waals surface area contributed by atoms with Crippen LogP contribution in [0.15, 0.2) is 30.3 Å². The predicted octanol–water partition coefficient (Wildman–Crippen LogP) is 2.88. The van der Waals surface area contributed by atoms with Crippen LogP contribution in [0, 0.1) is 5.92 Å². The summed E-state index contributed by atoms with van der Waals surface area (Å²) < 4.78 is 6.04. The second-order valence-electron chi connectivity index (χ2n) is 6.52. The van der Waals surface area contributed by atoms with Gasteiger partial charge in [0.1, 0.15) is 0 Å². The van der Waals surface area contributed by atoms with Crippen molar-refractivity contribution in [2.75, 3.05) is 38.2 Å². The highest BCUT2D eigenvalue weighted by Gasteiger charge is 2.20. The highest BCUT2D eigenvalue weighted by atomic mass is 16.5. The van der Waals surface area contributed by atoms with Crippen molar-refractivity contribution >= 4 is 5.69 Å². The topological polar surface area (TPSA) is 36.5 Å². The van der Waals surface area contributed by atoms with Gasteiger partial charge in [0.05, 0.1) is 6.10 Å². The largest absolute Gasteiger partial charge is 0.378 e. The maximum Gasteiger partial charge on any atom is 0.0599 e. The first kappa shape index (κ1) is 15.8. The Morgan fingerprint density at radius 1 is 1.05 bits per heavy atom. The van der Waals surface area contributed by atoms with Gasteiger partial charge < -0.3 is 15.5 Å². The Morgan fingerprint density at radius 2 is 1.77 bits per heavy atom. The predicted molar refractivity (Wildman–Crippen MR) is 90.8 cm³/mol. The fraction of sp³-hybridized carbons (Fsp3) is 0.667. The highest BCUT2D eigenvalue weighted by molar-refractivity contribution is 5.41. The maximum atomic E-state index is 6.04. The van der Waals surface area contributed by atoms with Crippen LogP contribution in [-0.2, 0) is 4.74 Å². The molecule has 0 amide bonds. The molecule has 0 aromatic heterocycles. The molecule has 122 valence electrons. The Labute approximate surface area is 134 Å². The monoisotopic (exact) mass is 303 g/mol. The number of nitrogens with one attached hydrogen (secondary N) is 2. The zero-order chi connectivity index (χ0) is 15.0. The molecular weight excluding hydrogens is 274 g/mol. The minimum Gasteiger partial charge on any atom is -0.378 e. The summed E-state index contributed by atoms with van der Waals surface area (Å²) in [6, 6.07) is 10.5. The van der Waals surface area contributed by atoms with Crippen LogP contribution in [0.4, 0.5) is 5.69 Å². The van der Waals surface area contributed by atoms with Gasteiger partial charge in [0.2, 0.25) is 0 Å². The van der Waals surface area contributed by atoms with E-state index in [9.17, 15) is 0 Å². The molecule has 2 aliphatic rings. The quantitative estimate of drug-likeness (QED) is 0.847. The van der Waals surface area contributed by atoms with Crippen molar-refractivity contribution in [2.24, 2.45) is 5.92 Å². The van der Waals surface area contributed by atoms with Gasteiger partial charge in [-0.05, 0) is 63.2 Å². The van der Waals surface area contributed by atoms with E-state index in [1.165, 1.54) is 37.8 Å². The van der Waals surface area contributed by atoms with Crippen molar-refractivity contribution < 1.29 is 4.74 Å². The van der Waals surface area contributed by atoms with E-state index in [0.29, 0.717) is 6.10 Å².